The van der Waals surface area contributed by atoms with Crippen LogP contribution in [0.15, 0.2) is 71.7 Å². The summed E-state index contributed by atoms with van der Waals surface area (Å²) >= 11 is 0. The molecule has 2 atom stereocenters. The Morgan fingerprint density at radius 2 is 1.77 bits per heavy atom. The predicted molar refractivity (Wildman–Crippen MR) is 144 cm³/mol. The largest absolute Gasteiger partial charge is 0.359 e. The summed E-state index contributed by atoms with van der Waals surface area (Å²) in [6, 6.07) is 16.8. The lowest BCUT2D eigenvalue weighted by molar-refractivity contribution is -0.138. The van der Waals surface area contributed by atoms with Gasteiger partial charge in [-0.25, -0.2) is 13.2 Å². The highest BCUT2D eigenvalue weighted by atomic mass is 19.1. The average Bonchev–Trinajstić information content (AvgIpc) is 2.93. The van der Waals surface area contributed by atoms with Gasteiger partial charge in [-0.3, -0.25) is 4.79 Å². The summed E-state index contributed by atoms with van der Waals surface area (Å²) in [5, 5.41) is 14.8. The number of piperidine rings is 1. The lowest BCUT2D eigenvalue weighted by Crippen LogP contribution is -2.48. The number of hydrogen-bond donors (Lipinski definition) is 2. The van der Waals surface area contributed by atoms with Crippen LogP contribution in [-0.4, -0.2) is 36.9 Å². The normalized spacial score (nSPS) is 18.4. The van der Waals surface area contributed by atoms with Crippen LogP contribution >= 0.6 is 0 Å². The Bertz CT molecular complexity index is 1390. The van der Waals surface area contributed by atoms with E-state index in [4.69, 9.17) is 5.26 Å². The van der Waals surface area contributed by atoms with Gasteiger partial charge in [-0.05, 0) is 60.7 Å². The number of likely N-dealkylation sites (tertiary alicyclic amines) is 1. The Morgan fingerprint density at radius 1 is 1.08 bits per heavy atom. The Hall–Kier alpha value is -4.32. The minimum absolute atomic E-state index is 0.0220. The number of amides is 1. The molecule has 9 heteroatoms. The molecule has 1 aliphatic heterocycles. The van der Waals surface area contributed by atoms with Crippen LogP contribution in [0.1, 0.15) is 43.4 Å². The smallest absolute Gasteiger partial charge is 0.223 e. The SMILES string of the molecule is CN/C(=N/C#N)NCC[C@@]1(c2ccc(F)cc2)CCN([C@@H](C)c2ccc(-c3ccc(F)cc3F)cc2)C(=O)C1. The predicted octanol–water partition coefficient (Wildman–Crippen LogP) is 5.43. The van der Waals surface area contributed by atoms with E-state index in [1.54, 1.807) is 37.5 Å². The number of hydrogen-bond acceptors (Lipinski definition) is 3. The number of nitrogens with zero attached hydrogens (tertiary/aromatic N) is 3. The van der Waals surface area contributed by atoms with E-state index in [0.717, 1.165) is 17.2 Å². The zero-order chi connectivity index (χ0) is 28.0. The van der Waals surface area contributed by atoms with E-state index in [9.17, 15) is 18.0 Å². The van der Waals surface area contributed by atoms with Gasteiger partial charge in [0.1, 0.15) is 17.5 Å². The van der Waals surface area contributed by atoms with Crippen LogP contribution in [0, 0.1) is 28.9 Å². The monoisotopic (exact) mass is 533 g/mol. The van der Waals surface area contributed by atoms with Gasteiger partial charge in [-0.15, -0.1) is 4.99 Å². The molecule has 39 heavy (non-hydrogen) atoms. The van der Waals surface area contributed by atoms with E-state index < -0.39 is 17.0 Å². The Morgan fingerprint density at radius 3 is 2.38 bits per heavy atom. The summed E-state index contributed by atoms with van der Waals surface area (Å²) in [6.07, 6.45) is 3.23. The van der Waals surface area contributed by atoms with Crippen molar-refractivity contribution in [2.75, 3.05) is 20.1 Å². The molecule has 6 nitrogen and oxygen atoms in total. The number of benzene rings is 3. The van der Waals surface area contributed by atoms with Gasteiger partial charge in [-0.1, -0.05) is 36.4 Å². The molecule has 0 unspecified atom stereocenters. The van der Waals surface area contributed by atoms with Crippen molar-refractivity contribution in [1.82, 2.24) is 15.5 Å². The summed E-state index contributed by atoms with van der Waals surface area (Å²) in [4.78, 5) is 19.1. The van der Waals surface area contributed by atoms with E-state index in [1.807, 2.05) is 24.0 Å². The molecule has 1 saturated heterocycles. The van der Waals surface area contributed by atoms with E-state index in [0.29, 0.717) is 43.0 Å². The minimum atomic E-state index is -0.630. The van der Waals surface area contributed by atoms with Gasteiger partial charge in [0.2, 0.25) is 18.1 Å². The van der Waals surface area contributed by atoms with Crippen molar-refractivity contribution in [3.63, 3.8) is 0 Å². The Kier molecular flexibility index (Phi) is 8.55. The third-order valence-corrected chi connectivity index (χ3v) is 7.50. The van der Waals surface area contributed by atoms with E-state index >= 15 is 0 Å². The number of aliphatic imine (C=N–C) groups is 1. The molecule has 0 spiro atoms. The van der Waals surface area contributed by atoms with E-state index in [-0.39, 0.29) is 24.2 Å². The average molecular weight is 534 g/mol. The number of nitrogens with one attached hydrogen (secondary N) is 2. The quantitative estimate of drug-likeness (QED) is 0.241. The van der Waals surface area contributed by atoms with E-state index in [2.05, 4.69) is 15.6 Å². The maximum atomic E-state index is 14.2. The van der Waals surface area contributed by atoms with Crippen molar-refractivity contribution in [2.45, 2.75) is 37.6 Å². The van der Waals surface area contributed by atoms with Crippen molar-refractivity contribution in [3.8, 4) is 17.3 Å². The van der Waals surface area contributed by atoms with Crippen LogP contribution in [0.4, 0.5) is 13.2 Å². The number of rotatable bonds is 7. The topological polar surface area (TPSA) is 80.5 Å². The lowest BCUT2D eigenvalue weighted by atomic mass is 9.70. The highest BCUT2D eigenvalue weighted by molar-refractivity contribution is 5.81. The molecule has 3 aromatic carbocycles. The fourth-order valence-electron chi connectivity index (χ4n) is 5.25. The number of carbonyl (C=O) groups is 1. The van der Waals surface area contributed by atoms with Gasteiger partial charge in [0.25, 0.3) is 0 Å². The molecule has 1 aliphatic rings. The Labute approximate surface area is 226 Å². The van der Waals surface area contributed by atoms with Gasteiger partial charge in [0.15, 0.2) is 0 Å². The van der Waals surface area contributed by atoms with Gasteiger partial charge in [-0.2, -0.15) is 5.26 Å². The first-order valence-corrected chi connectivity index (χ1v) is 12.8. The molecule has 1 fully saturated rings. The number of nitriles is 1. The summed E-state index contributed by atoms with van der Waals surface area (Å²) in [7, 11) is 1.66. The molecule has 4 rings (SSSR count). The lowest BCUT2D eigenvalue weighted by Gasteiger charge is -2.44. The molecule has 0 aliphatic carbocycles. The standard InChI is InChI=1S/C30H30F3N5O/c1-20(21-3-5-22(6-4-21)26-12-11-25(32)17-27(26)33)38-16-14-30(18-28(38)39,23-7-9-24(31)10-8-23)13-15-36-29(35-2)37-19-34/h3-12,17,20H,13-16,18H2,1-2H3,(H2,35,36,37)/t20-,30+/m0/s1. The third-order valence-electron chi connectivity index (χ3n) is 7.50. The van der Waals surface area contributed by atoms with Crippen LogP contribution in [0.3, 0.4) is 0 Å². The summed E-state index contributed by atoms with van der Waals surface area (Å²) in [5.74, 6) is -1.28. The van der Waals surface area contributed by atoms with Crippen LogP contribution in [0.5, 0.6) is 0 Å². The third kappa shape index (κ3) is 6.23. The maximum absolute atomic E-state index is 14.2. The summed E-state index contributed by atoms with van der Waals surface area (Å²) < 4.78 is 41.2. The fourth-order valence-corrected chi connectivity index (χ4v) is 5.25. The summed E-state index contributed by atoms with van der Waals surface area (Å²) in [6.45, 7) is 2.91. The zero-order valence-corrected chi connectivity index (χ0v) is 21.8. The second-order valence-corrected chi connectivity index (χ2v) is 9.71. The van der Waals surface area contributed by atoms with Crippen molar-refractivity contribution >= 4 is 11.9 Å². The molecular formula is C30H30F3N5O. The number of guanidine groups is 1. The van der Waals surface area contributed by atoms with Crippen molar-refractivity contribution in [2.24, 2.45) is 4.99 Å². The first-order chi connectivity index (χ1) is 18.8. The van der Waals surface area contributed by atoms with Crippen LogP contribution in [0.2, 0.25) is 0 Å². The molecule has 0 aromatic heterocycles. The number of halogens is 3. The molecule has 1 amide bonds. The van der Waals surface area contributed by atoms with Gasteiger partial charge in [0.05, 0.1) is 6.04 Å². The molecule has 1 heterocycles. The van der Waals surface area contributed by atoms with Crippen LogP contribution in [-0.2, 0) is 10.2 Å². The molecule has 0 bridgehead atoms. The fraction of sp³-hybridized carbons (Fsp3) is 0.300. The van der Waals surface area contributed by atoms with Gasteiger partial charge < -0.3 is 15.5 Å². The highest BCUT2D eigenvalue weighted by Crippen LogP contribution is 2.41. The first-order valence-electron chi connectivity index (χ1n) is 12.8. The molecule has 0 radical (unpaired) electrons. The molecule has 202 valence electrons. The highest BCUT2D eigenvalue weighted by Gasteiger charge is 2.41. The summed E-state index contributed by atoms with van der Waals surface area (Å²) in [5.41, 5.74) is 2.21. The van der Waals surface area contributed by atoms with Gasteiger partial charge >= 0.3 is 0 Å². The van der Waals surface area contributed by atoms with Crippen molar-refractivity contribution < 1.29 is 18.0 Å². The molecule has 0 saturated carbocycles. The Balaban J connectivity index is 1.51. The van der Waals surface area contributed by atoms with Crippen molar-refractivity contribution in [1.29, 1.82) is 5.26 Å². The second kappa shape index (κ2) is 12.0. The number of carbonyl (C=O) groups excluding carboxylic acids is 1. The molecule has 3 aromatic rings. The zero-order valence-electron chi connectivity index (χ0n) is 21.8. The second-order valence-electron chi connectivity index (χ2n) is 9.71. The van der Waals surface area contributed by atoms with Gasteiger partial charge in [0, 0.05) is 43.6 Å². The van der Waals surface area contributed by atoms with Crippen molar-refractivity contribution in [3.05, 3.63) is 95.3 Å². The molecule has 2 N–H and O–H groups in total. The minimum Gasteiger partial charge on any atom is -0.359 e. The first kappa shape index (κ1) is 27.7. The van der Waals surface area contributed by atoms with Crippen LogP contribution < -0.4 is 10.6 Å². The maximum Gasteiger partial charge on any atom is 0.223 e. The van der Waals surface area contributed by atoms with Crippen LogP contribution in [0.25, 0.3) is 11.1 Å². The molecular weight excluding hydrogens is 503 g/mol. The van der Waals surface area contributed by atoms with E-state index in [1.165, 1.54) is 24.3 Å².